The molecule has 2 fully saturated rings. The first kappa shape index (κ1) is 19.6. The highest BCUT2D eigenvalue weighted by Gasteiger charge is 2.35. The van der Waals surface area contributed by atoms with Gasteiger partial charge in [0.1, 0.15) is 10.6 Å². The van der Waals surface area contributed by atoms with Gasteiger partial charge in [-0.05, 0) is 37.5 Å². The van der Waals surface area contributed by atoms with E-state index in [1.165, 1.54) is 24.6 Å². The zero-order valence-corrected chi connectivity index (χ0v) is 16.3. The number of sulfonamides is 1. The highest BCUT2D eigenvalue weighted by atomic mass is 32.2. The molecule has 0 spiro atoms. The van der Waals surface area contributed by atoms with Crippen LogP contribution < -0.4 is 9.64 Å². The summed E-state index contributed by atoms with van der Waals surface area (Å²) in [6.07, 6.45) is 2.06. The number of piperidine rings is 1. The minimum absolute atomic E-state index is 0.0117. The number of carbonyl (C=O) groups is 2. The maximum absolute atomic E-state index is 13.2. The van der Waals surface area contributed by atoms with Crippen molar-refractivity contribution in [2.45, 2.75) is 30.6 Å². The minimum Gasteiger partial charge on any atom is -0.495 e. The Morgan fingerprint density at radius 3 is 2.41 bits per heavy atom. The standard InChI is InChI=1S/C18H24N2O6S/c1-25-15-6-5-14(20-9-3-4-17(20)21)12-16(15)27(23,24)19-10-7-13(8-11-19)18(22)26-2/h5-6,12-13H,3-4,7-11H2,1-2H3. The normalized spacial score (nSPS) is 19.3. The van der Waals surface area contributed by atoms with Crippen LogP contribution in [0.3, 0.4) is 0 Å². The van der Waals surface area contributed by atoms with E-state index < -0.39 is 10.0 Å². The Balaban J connectivity index is 1.87. The largest absolute Gasteiger partial charge is 0.495 e. The number of nitrogens with zero attached hydrogens (tertiary/aromatic N) is 2. The van der Waals surface area contributed by atoms with Crippen LogP contribution in [0.15, 0.2) is 23.1 Å². The predicted octanol–water partition coefficient (Wildman–Crippen LogP) is 1.40. The van der Waals surface area contributed by atoms with Gasteiger partial charge in [0, 0.05) is 31.7 Å². The van der Waals surface area contributed by atoms with Crippen molar-refractivity contribution in [2.75, 3.05) is 38.8 Å². The van der Waals surface area contributed by atoms with Gasteiger partial charge in [-0.2, -0.15) is 4.31 Å². The first-order valence-electron chi connectivity index (χ1n) is 8.95. The second-order valence-electron chi connectivity index (χ2n) is 6.69. The molecule has 0 aromatic heterocycles. The second kappa shape index (κ2) is 7.85. The quantitative estimate of drug-likeness (QED) is 0.699. The summed E-state index contributed by atoms with van der Waals surface area (Å²) in [5.74, 6) is -0.362. The number of amides is 1. The van der Waals surface area contributed by atoms with E-state index in [1.807, 2.05) is 0 Å². The van der Waals surface area contributed by atoms with Crippen LogP contribution in [0.2, 0.25) is 0 Å². The first-order chi connectivity index (χ1) is 12.9. The van der Waals surface area contributed by atoms with Crippen molar-refractivity contribution in [3.8, 4) is 5.75 Å². The van der Waals surface area contributed by atoms with Crippen LogP contribution in [-0.2, 0) is 24.3 Å². The fourth-order valence-corrected chi connectivity index (χ4v) is 5.24. The molecule has 0 N–H and O–H groups in total. The molecule has 148 valence electrons. The van der Waals surface area contributed by atoms with Gasteiger partial charge in [0.25, 0.3) is 0 Å². The van der Waals surface area contributed by atoms with Gasteiger partial charge in [-0.15, -0.1) is 0 Å². The molecule has 1 aromatic rings. The van der Waals surface area contributed by atoms with E-state index in [9.17, 15) is 18.0 Å². The predicted molar refractivity (Wildman–Crippen MR) is 98.1 cm³/mol. The second-order valence-corrected chi connectivity index (χ2v) is 8.59. The molecule has 0 saturated carbocycles. The summed E-state index contributed by atoms with van der Waals surface area (Å²) in [6, 6.07) is 4.78. The average Bonchev–Trinajstić information content (AvgIpc) is 3.12. The Morgan fingerprint density at radius 2 is 1.85 bits per heavy atom. The lowest BCUT2D eigenvalue weighted by molar-refractivity contribution is -0.146. The third kappa shape index (κ3) is 3.79. The molecule has 2 heterocycles. The van der Waals surface area contributed by atoms with Gasteiger partial charge in [0.15, 0.2) is 0 Å². The fourth-order valence-electron chi connectivity index (χ4n) is 3.59. The lowest BCUT2D eigenvalue weighted by atomic mass is 9.99. The number of hydrogen-bond donors (Lipinski definition) is 0. The zero-order valence-electron chi connectivity index (χ0n) is 15.5. The van der Waals surface area contributed by atoms with E-state index in [4.69, 9.17) is 9.47 Å². The molecule has 3 rings (SSSR count). The van der Waals surface area contributed by atoms with E-state index >= 15 is 0 Å². The molecule has 2 saturated heterocycles. The molecule has 0 bridgehead atoms. The van der Waals surface area contributed by atoms with Crippen LogP contribution in [0.4, 0.5) is 5.69 Å². The van der Waals surface area contributed by atoms with Crippen molar-refractivity contribution in [3.63, 3.8) is 0 Å². The summed E-state index contributed by atoms with van der Waals surface area (Å²) >= 11 is 0. The molecule has 0 unspecified atom stereocenters. The summed E-state index contributed by atoms with van der Waals surface area (Å²) < 4.78 is 37.7. The monoisotopic (exact) mass is 396 g/mol. The summed E-state index contributed by atoms with van der Waals surface area (Å²) in [7, 11) is -1.06. The van der Waals surface area contributed by atoms with Gasteiger partial charge >= 0.3 is 5.97 Å². The minimum atomic E-state index is -3.81. The van der Waals surface area contributed by atoms with Crippen LogP contribution in [0.25, 0.3) is 0 Å². The van der Waals surface area contributed by atoms with Gasteiger partial charge in [0.2, 0.25) is 15.9 Å². The molecule has 0 atom stereocenters. The van der Waals surface area contributed by atoms with Gasteiger partial charge in [-0.3, -0.25) is 9.59 Å². The van der Waals surface area contributed by atoms with Gasteiger partial charge in [-0.1, -0.05) is 0 Å². The molecule has 1 aromatic carbocycles. The Hall–Kier alpha value is -2.13. The summed E-state index contributed by atoms with van der Waals surface area (Å²) in [6.45, 7) is 1.05. The van der Waals surface area contributed by atoms with Crippen molar-refractivity contribution in [1.82, 2.24) is 4.31 Å². The van der Waals surface area contributed by atoms with Gasteiger partial charge < -0.3 is 14.4 Å². The van der Waals surface area contributed by atoms with Crippen LogP contribution >= 0.6 is 0 Å². The number of esters is 1. The third-order valence-corrected chi connectivity index (χ3v) is 7.06. The Morgan fingerprint density at radius 1 is 1.15 bits per heavy atom. The number of ether oxygens (including phenoxy) is 2. The highest BCUT2D eigenvalue weighted by molar-refractivity contribution is 7.89. The molecular formula is C18H24N2O6S. The van der Waals surface area contributed by atoms with Crippen LogP contribution in [0.5, 0.6) is 5.75 Å². The molecule has 1 amide bonds. The molecule has 8 nitrogen and oxygen atoms in total. The Labute approximate surface area is 159 Å². The number of methoxy groups -OCH3 is 2. The molecular weight excluding hydrogens is 372 g/mol. The lowest BCUT2D eigenvalue weighted by Gasteiger charge is -2.30. The summed E-state index contributed by atoms with van der Waals surface area (Å²) in [4.78, 5) is 25.3. The third-order valence-electron chi connectivity index (χ3n) is 5.14. The zero-order chi connectivity index (χ0) is 19.6. The number of benzene rings is 1. The molecule has 2 aliphatic heterocycles. The Kier molecular flexibility index (Phi) is 5.71. The summed E-state index contributed by atoms with van der Waals surface area (Å²) in [5.41, 5.74) is 0.557. The highest BCUT2D eigenvalue weighted by Crippen LogP contribution is 2.34. The van der Waals surface area contributed by atoms with Crippen LogP contribution in [-0.4, -0.2) is 58.5 Å². The van der Waals surface area contributed by atoms with E-state index in [1.54, 1.807) is 17.0 Å². The van der Waals surface area contributed by atoms with E-state index in [-0.39, 0.29) is 41.5 Å². The molecule has 27 heavy (non-hydrogen) atoms. The molecule has 9 heteroatoms. The number of hydrogen-bond acceptors (Lipinski definition) is 6. The SMILES string of the molecule is COC(=O)C1CCN(S(=O)(=O)c2cc(N3CCCC3=O)ccc2OC)CC1. The maximum atomic E-state index is 13.2. The van der Waals surface area contributed by atoms with Crippen molar-refractivity contribution >= 4 is 27.6 Å². The fraction of sp³-hybridized carbons (Fsp3) is 0.556. The molecule has 0 radical (unpaired) electrons. The average molecular weight is 396 g/mol. The molecule has 0 aliphatic carbocycles. The van der Waals surface area contributed by atoms with Crippen LogP contribution in [0, 0.1) is 5.92 Å². The topological polar surface area (TPSA) is 93.2 Å². The van der Waals surface area contributed by atoms with E-state index in [0.29, 0.717) is 31.5 Å². The molecule has 2 aliphatic rings. The number of anilines is 1. The van der Waals surface area contributed by atoms with Crippen LogP contribution in [0.1, 0.15) is 25.7 Å². The smallest absolute Gasteiger partial charge is 0.308 e. The van der Waals surface area contributed by atoms with Gasteiger partial charge in [-0.25, -0.2) is 8.42 Å². The maximum Gasteiger partial charge on any atom is 0.308 e. The van der Waals surface area contributed by atoms with Crippen molar-refractivity contribution < 1.29 is 27.5 Å². The van der Waals surface area contributed by atoms with Crippen molar-refractivity contribution in [3.05, 3.63) is 18.2 Å². The van der Waals surface area contributed by atoms with Crippen molar-refractivity contribution in [1.29, 1.82) is 0 Å². The number of rotatable bonds is 5. The van der Waals surface area contributed by atoms with E-state index in [2.05, 4.69) is 0 Å². The van der Waals surface area contributed by atoms with E-state index in [0.717, 1.165) is 6.42 Å². The Bertz CT molecular complexity index is 830. The summed E-state index contributed by atoms with van der Waals surface area (Å²) in [5, 5.41) is 0. The first-order valence-corrected chi connectivity index (χ1v) is 10.4. The van der Waals surface area contributed by atoms with Crippen molar-refractivity contribution in [2.24, 2.45) is 5.92 Å². The van der Waals surface area contributed by atoms with Gasteiger partial charge in [0.05, 0.1) is 20.1 Å². The lowest BCUT2D eigenvalue weighted by Crippen LogP contribution is -2.40. The number of carbonyl (C=O) groups excluding carboxylic acids is 2.